The van der Waals surface area contributed by atoms with E-state index in [0.717, 1.165) is 18.8 Å². The van der Waals surface area contributed by atoms with E-state index in [1.165, 1.54) is 77.2 Å². The Morgan fingerprint density at radius 2 is 1.94 bits per heavy atom. The SMILES string of the molecule is CCCCCC1CC2C3NCCCC3CC34C(O)C5C=CC6CC5(C)CC(O)(C6)C3CC24C1. The van der Waals surface area contributed by atoms with Crippen molar-refractivity contribution < 1.29 is 10.2 Å². The third-order valence-corrected chi connectivity index (χ3v) is 12.9. The maximum absolute atomic E-state index is 12.5. The molecule has 33 heavy (non-hydrogen) atoms. The maximum atomic E-state index is 12.5. The molecule has 2 spiro atoms. The maximum Gasteiger partial charge on any atom is 0.0693 e. The van der Waals surface area contributed by atoms with Crippen LogP contribution in [0.25, 0.3) is 0 Å². The molecule has 12 atom stereocenters. The van der Waals surface area contributed by atoms with Gasteiger partial charge in [0.05, 0.1) is 11.7 Å². The number of hydrogen-bond acceptors (Lipinski definition) is 3. The van der Waals surface area contributed by atoms with E-state index in [1.807, 2.05) is 0 Å². The highest BCUT2D eigenvalue weighted by molar-refractivity contribution is 5.33. The smallest absolute Gasteiger partial charge is 0.0693 e. The molecule has 12 unspecified atom stereocenters. The molecule has 1 heterocycles. The van der Waals surface area contributed by atoms with Crippen LogP contribution >= 0.6 is 0 Å². The summed E-state index contributed by atoms with van der Waals surface area (Å²) in [6, 6.07) is 0.661. The van der Waals surface area contributed by atoms with Gasteiger partial charge in [-0.2, -0.15) is 0 Å². The van der Waals surface area contributed by atoms with Crippen LogP contribution in [0.15, 0.2) is 12.2 Å². The minimum absolute atomic E-state index is 0.0574. The Morgan fingerprint density at radius 1 is 1.06 bits per heavy atom. The van der Waals surface area contributed by atoms with Crippen molar-refractivity contribution in [3.63, 3.8) is 0 Å². The van der Waals surface area contributed by atoms with Crippen molar-refractivity contribution in [2.45, 2.75) is 115 Å². The van der Waals surface area contributed by atoms with E-state index in [0.29, 0.717) is 29.7 Å². The molecular weight excluding hydrogens is 406 g/mol. The van der Waals surface area contributed by atoms with Crippen molar-refractivity contribution in [1.29, 1.82) is 0 Å². The van der Waals surface area contributed by atoms with Crippen LogP contribution in [-0.4, -0.2) is 34.5 Å². The first-order chi connectivity index (χ1) is 15.9. The highest BCUT2D eigenvalue weighted by Crippen LogP contribution is 2.83. The van der Waals surface area contributed by atoms with Gasteiger partial charge in [-0.1, -0.05) is 51.7 Å². The minimum Gasteiger partial charge on any atom is -0.392 e. The van der Waals surface area contributed by atoms with Crippen LogP contribution < -0.4 is 5.32 Å². The van der Waals surface area contributed by atoms with E-state index in [2.05, 4.69) is 31.3 Å². The van der Waals surface area contributed by atoms with Gasteiger partial charge in [-0.15, -0.1) is 0 Å². The highest BCUT2D eigenvalue weighted by Gasteiger charge is 2.81. The Labute approximate surface area is 201 Å². The lowest BCUT2D eigenvalue weighted by Crippen LogP contribution is -2.76. The Kier molecular flexibility index (Phi) is 4.70. The summed E-state index contributed by atoms with van der Waals surface area (Å²) in [6.07, 6.45) is 20.7. The van der Waals surface area contributed by atoms with Crippen LogP contribution in [0.3, 0.4) is 0 Å². The summed E-state index contributed by atoms with van der Waals surface area (Å²) in [5.41, 5.74) is -0.300. The zero-order valence-corrected chi connectivity index (χ0v) is 21.1. The van der Waals surface area contributed by atoms with E-state index < -0.39 is 5.60 Å². The van der Waals surface area contributed by atoms with Crippen LogP contribution in [0.1, 0.15) is 97.3 Å². The van der Waals surface area contributed by atoms with Gasteiger partial charge in [-0.25, -0.2) is 0 Å². The van der Waals surface area contributed by atoms with Crippen LogP contribution in [-0.2, 0) is 0 Å². The molecule has 3 nitrogen and oxygen atoms in total. The average Bonchev–Trinajstić information content (AvgIpc) is 3.16. The van der Waals surface area contributed by atoms with Crippen LogP contribution in [0.5, 0.6) is 0 Å². The fourth-order valence-electron chi connectivity index (χ4n) is 12.1. The zero-order valence-electron chi connectivity index (χ0n) is 21.1. The molecule has 1 aliphatic heterocycles. The number of allylic oxidation sites excluding steroid dienone is 1. The summed E-state index contributed by atoms with van der Waals surface area (Å²) < 4.78 is 0. The molecule has 3 bridgehead atoms. The van der Waals surface area contributed by atoms with Crippen molar-refractivity contribution in [3.8, 4) is 0 Å². The molecule has 5 saturated carbocycles. The monoisotopic (exact) mass is 453 g/mol. The van der Waals surface area contributed by atoms with Crippen molar-refractivity contribution in [2.24, 2.45) is 51.8 Å². The second-order valence-corrected chi connectivity index (χ2v) is 14.4. The van der Waals surface area contributed by atoms with E-state index >= 15 is 0 Å². The van der Waals surface area contributed by atoms with Gasteiger partial charge < -0.3 is 15.5 Å². The predicted octanol–water partition coefficient (Wildman–Crippen LogP) is 5.46. The zero-order chi connectivity index (χ0) is 22.6. The van der Waals surface area contributed by atoms with Gasteiger partial charge in [-0.3, -0.25) is 0 Å². The lowest BCUT2D eigenvalue weighted by Gasteiger charge is -2.75. The second-order valence-electron chi connectivity index (χ2n) is 14.4. The molecule has 184 valence electrons. The third-order valence-electron chi connectivity index (χ3n) is 12.9. The molecule has 1 saturated heterocycles. The summed E-state index contributed by atoms with van der Waals surface area (Å²) in [6.45, 7) is 5.91. The van der Waals surface area contributed by atoms with Crippen molar-refractivity contribution >= 4 is 0 Å². The normalized spacial score (nSPS) is 60.2. The van der Waals surface area contributed by atoms with E-state index in [-0.39, 0.29) is 28.3 Å². The number of hydrogen-bond donors (Lipinski definition) is 3. The van der Waals surface area contributed by atoms with Crippen molar-refractivity contribution in [3.05, 3.63) is 12.2 Å². The second kappa shape index (κ2) is 7.10. The first-order valence-electron chi connectivity index (χ1n) is 14.7. The van der Waals surface area contributed by atoms with Crippen LogP contribution in [0.2, 0.25) is 0 Å². The topological polar surface area (TPSA) is 52.5 Å². The molecule has 6 fully saturated rings. The van der Waals surface area contributed by atoms with Crippen LogP contribution in [0, 0.1) is 51.8 Å². The fourth-order valence-corrected chi connectivity index (χ4v) is 12.1. The van der Waals surface area contributed by atoms with E-state index in [4.69, 9.17) is 0 Å². The fraction of sp³-hybridized carbons (Fsp3) is 0.933. The van der Waals surface area contributed by atoms with Gasteiger partial charge in [-0.05, 0) is 105 Å². The molecule has 0 aromatic rings. The molecule has 3 N–H and O–H groups in total. The van der Waals surface area contributed by atoms with E-state index in [9.17, 15) is 10.2 Å². The van der Waals surface area contributed by atoms with Crippen molar-refractivity contribution in [2.75, 3.05) is 6.54 Å². The number of rotatable bonds is 4. The molecule has 0 radical (unpaired) electrons. The van der Waals surface area contributed by atoms with Gasteiger partial charge >= 0.3 is 0 Å². The van der Waals surface area contributed by atoms with Gasteiger partial charge in [0.25, 0.3) is 0 Å². The number of aliphatic hydroxyl groups is 2. The molecule has 3 heteroatoms. The summed E-state index contributed by atoms with van der Waals surface area (Å²) in [7, 11) is 0. The third kappa shape index (κ3) is 2.63. The Morgan fingerprint density at radius 3 is 2.79 bits per heavy atom. The first-order valence-corrected chi connectivity index (χ1v) is 14.7. The number of piperidine rings is 1. The highest BCUT2D eigenvalue weighted by atomic mass is 16.3. The summed E-state index contributed by atoms with van der Waals surface area (Å²) >= 11 is 0. The lowest BCUT2D eigenvalue weighted by atomic mass is 9.30. The molecule has 7 rings (SSSR count). The molecule has 7 aliphatic rings. The van der Waals surface area contributed by atoms with Gasteiger partial charge in [0.15, 0.2) is 0 Å². The molecular formula is C30H47NO2. The van der Waals surface area contributed by atoms with E-state index in [1.54, 1.807) is 0 Å². The quantitative estimate of drug-likeness (QED) is 0.392. The minimum atomic E-state index is -0.566. The number of unbranched alkanes of at least 4 members (excludes halogenated alkanes) is 2. The molecule has 0 aromatic heterocycles. The Balaban J connectivity index is 1.34. The first kappa shape index (κ1) is 21.9. The summed E-state index contributed by atoms with van der Waals surface area (Å²) in [5.74, 6) is 3.29. The Bertz CT molecular complexity index is 841. The number of fused-ring (bicyclic) bond motifs is 5. The van der Waals surface area contributed by atoms with Crippen LogP contribution in [0.4, 0.5) is 0 Å². The molecule has 0 amide bonds. The molecule has 0 aromatic carbocycles. The van der Waals surface area contributed by atoms with Gasteiger partial charge in [0.2, 0.25) is 0 Å². The van der Waals surface area contributed by atoms with Crippen molar-refractivity contribution in [1.82, 2.24) is 5.32 Å². The van der Waals surface area contributed by atoms with Gasteiger partial charge in [0.1, 0.15) is 0 Å². The standard InChI is InChI=1S/C30H47NO2/c1-3-4-5-7-19-12-23-25-21(8-6-11-31-25)16-30-24(17-28(23,30)14-19)29(33)15-20-9-10-22(26(30)32)27(2,13-20)18-29/h9-10,19-26,31-33H,3-8,11-18H2,1-2H3. The Hall–Kier alpha value is -0.380. The predicted molar refractivity (Wildman–Crippen MR) is 131 cm³/mol. The van der Waals surface area contributed by atoms with Gasteiger partial charge in [0, 0.05) is 17.4 Å². The molecule has 6 aliphatic carbocycles. The average molecular weight is 454 g/mol. The number of nitrogens with one attached hydrogen (secondary N) is 1. The summed E-state index contributed by atoms with van der Waals surface area (Å²) in [4.78, 5) is 0. The number of aliphatic hydroxyl groups excluding tert-OH is 1. The lowest BCUT2D eigenvalue weighted by molar-refractivity contribution is -0.307. The largest absolute Gasteiger partial charge is 0.392 e. The summed E-state index contributed by atoms with van der Waals surface area (Å²) in [5, 5.41) is 28.9.